The monoisotopic (exact) mass is 262 g/mol. The lowest BCUT2D eigenvalue weighted by Gasteiger charge is -2.31. The summed E-state index contributed by atoms with van der Waals surface area (Å²) in [5.74, 6) is 0.709. The summed E-state index contributed by atoms with van der Waals surface area (Å²) in [6.07, 6.45) is 0. The maximum Gasteiger partial charge on any atom is 0.0642 e. The zero-order valence-corrected chi connectivity index (χ0v) is 12.4. The zero-order valence-electron chi connectivity index (χ0n) is 12.4. The van der Waals surface area contributed by atoms with Crippen LogP contribution in [0.4, 0.5) is 5.69 Å². The molecule has 1 fully saturated rings. The standard InChI is InChI=1S/C16H26N2O/c1-14(2)12-17(3)13-15-6-4-5-7-16(15)18-8-10-19-11-9-18/h4-7,14H,8-13H2,1-3H3. The summed E-state index contributed by atoms with van der Waals surface area (Å²) in [4.78, 5) is 4.85. The van der Waals surface area contributed by atoms with Crippen LogP contribution < -0.4 is 4.90 Å². The third-order valence-electron chi connectivity index (χ3n) is 3.46. The van der Waals surface area contributed by atoms with Crippen LogP contribution in [0.1, 0.15) is 19.4 Å². The Balaban J connectivity index is 2.07. The van der Waals surface area contributed by atoms with E-state index in [1.165, 1.54) is 11.3 Å². The Morgan fingerprint density at radius 3 is 2.58 bits per heavy atom. The van der Waals surface area contributed by atoms with Gasteiger partial charge in [-0.3, -0.25) is 0 Å². The van der Waals surface area contributed by atoms with E-state index in [1.54, 1.807) is 0 Å². The molecule has 0 aromatic heterocycles. The first-order valence-corrected chi connectivity index (χ1v) is 7.26. The van der Waals surface area contributed by atoms with E-state index in [-0.39, 0.29) is 0 Å². The van der Waals surface area contributed by atoms with Crippen LogP contribution in [0.5, 0.6) is 0 Å². The zero-order chi connectivity index (χ0) is 13.7. The van der Waals surface area contributed by atoms with Crippen molar-refractivity contribution in [3.05, 3.63) is 29.8 Å². The highest BCUT2D eigenvalue weighted by Crippen LogP contribution is 2.22. The molecule has 1 aliphatic rings. The lowest BCUT2D eigenvalue weighted by atomic mass is 10.1. The summed E-state index contributed by atoms with van der Waals surface area (Å²) < 4.78 is 5.44. The van der Waals surface area contributed by atoms with Crippen LogP contribution in [0.15, 0.2) is 24.3 Å². The number of benzene rings is 1. The van der Waals surface area contributed by atoms with Crippen LogP contribution >= 0.6 is 0 Å². The van der Waals surface area contributed by atoms with Crippen molar-refractivity contribution in [3.63, 3.8) is 0 Å². The summed E-state index contributed by atoms with van der Waals surface area (Å²) in [5, 5.41) is 0. The van der Waals surface area contributed by atoms with Gasteiger partial charge in [-0.1, -0.05) is 32.0 Å². The summed E-state index contributed by atoms with van der Waals surface area (Å²) in [5.41, 5.74) is 2.80. The Hall–Kier alpha value is -1.06. The van der Waals surface area contributed by atoms with E-state index in [1.807, 2.05) is 0 Å². The molecule has 1 aromatic rings. The van der Waals surface area contributed by atoms with Crippen molar-refractivity contribution in [2.75, 3.05) is 44.8 Å². The molecule has 1 aliphatic heterocycles. The molecule has 0 N–H and O–H groups in total. The van der Waals surface area contributed by atoms with Crippen molar-refractivity contribution >= 4 is 5.69 Å². The summed E-state index contributed by atoms with van der Waals surface area (Å²) in [6.45, 7) is 10.4. The Morgan fingerprint density at radius 1 is 1.21 bits per heavy atom. The summed E-state index contributed by atoms with van der Waals surface area (Å²) >= 11 is 0. The molecule has 0 bridgehead atoms. The van der Waals surface area contributed by atoms with Crippen LogP contribution in [0.2, 0.25) is 0 Å². The average Bonchev–Trinajstić information content (AvgIpc) is 2.39. The van der Waals surface area contributed by atoms with Crippen molar-refractivity contribution in [2.24, 2.45) is 5.92 Å². The second kappa shape index (κ2) is 6.92. The van der Waals surface area contributed by atoms with Crippen LogP contribution in [0.25, 0.3) is 0 Å². The lowest BCUT2D eigenvalue weighted by molar-refractivity contribution is 0.122. The molecule has 0 saturated carbocycles. The first-order valence-electron chi connectivity index (χ1n) is 7.26. The average molecular weight is 262 g/mol. The van der Waals surface area contributed by atoms with Gasteiger partial charge >= 0.3 is 0 Å². The normalized spacial score (nSPS) is 16.4. The van der Waals surface area contributed by atoms with Crippen LogP contribution in [-0.4, -0.2) is 44.8 Å². The van der Waals surface area contributed by atoms with Crippen molar-refractivity contribution in [2.45, 2.75) is 20.4 Å². The largest absolute Gasteiger partial charge is 0.378 e. The highest BCUT2D eigenvalue weighted by molar-refractivity contribution is 5.53. The molecule has 0 spiro atoms. The van der Waals surface area contributed by atoms with Crippen molar-refractivity contribution in [1.82, 2.24) is 4.90 Å². The third-order valence-corrected chi connectivity index (χ3v) is 3.46. The van der Waals surface area contributed by atoms with Crippen molar-refractivity contribution in [3.8, 4) is 0 Å². The van der Waals surface area contributed by atoms with E-state index in [4.69, 9.17) is 4.74 Å². The number of morpholine rings is 1. The fourth-order valence-corrected chi connectivity index (χ4v) is 2.74. The second-order valence-electron chi connectivity index (χ2n) is 5.82. The fraction of sp³-hybridized carbons (Fsp3) is 0.625. The maximum atomic E-state index is 5.44. The van der Waals surface area contributed by atoms with Gasteiger partial charge in [0, 0.05) is 31.9 Å². The van der Waals surface area contributed by atoms with Gasteiger partial charge in [-0.15, -0.1) is 0 Å². The molecule has 3 nitrogen and oxygen atoms in total. The summed E-state index contributed by atoms with van der Waals surface area (Å²) in [7, 11) is 2.20. The predicted molar refractivity (Wildman–Crippen MR) is 80.6 cm³/mol. The van der Waals surface area contributed by atoms with Crippen molar-refractivity contribution < 1.29 is 4.74 Å². The molecular formula is C16H26N2O. The van der Waals surface area contributed by atoms with E-state index in [2.05, 4.69) is 55.0 Å². The van der Waals surface area contributed by atoms with E-state index in [0.29, 0.717) is 5.92 Å². The molecule has 1 saturated heterocycles. The smallest absolute Gasteiger partial charge is 0.0642 e. The van der Waals surface area contributed by atoms with E-state index in [0.717, 1.165) is 39.4 Å². The minimum atomic E-state index is 0.709. The van der Waals surface area contributed by atoms with E-state index in [9.17, 15) is 0 Å². The van der Waals surface area contributed by atoms with Gasteiger partial charge in [0.15, 0.2) is 0 Å². The highest BCUT2D eigenvalue weighted by Gasteiger charge is 2.15. The number of hydrogen-bond donors (Lipinski definition) is 0. The number of ether oxygens (including phenoxy) is 1. The Morgan fingerprint density at radius 2 is 1.89 bits per heavy atom. The quantitative estimate of drug-likeness (QED) is 0.811. The Kier molecular flexibility index (Phi) is 5.23. The van der Waals surface area contributed by atoms with Gasteiger partial charge in [0.2, 0.25) is 0 Å². The molecule has 0 radical (unpaired) electrons. The van der Waals surface area contributed by atoms with Crippen LogP contribution in [-0.2, 0) is 11.3 Å². The molecule has 2 rings (SSSR count). The number of rotatable bonds is 5. The van der Waals surface area contributed by atoms with E-state index >= 15 is 0 Å². The first kappa shape index (κ1) is 14.4. The highest BCUT2D eigenvalue weighted by atomic mass is 16.5. The molecule has 0 unspecified atom stereocenters. The van der Waals surface area contributed by atoms with Crippen molar-refractivity contribution in [1.29, 1.82) is 0 Å². The van der Waals surface area contributed by atoms with Gasteiger partial charge in [-0.05, 0) is 24.6 Å². The molecule has 1 aromatic carbocycles. The SMILES string of the molecule is CC(C)CN(C)Cc1ccccc1N1CCOCC1. The molecule has 0 atom stereocenters. The van der Waals surface area contributed by atoms with Gasteiger partial charge in [0.25, 0.3) is 0 Å². The van der Waals surface area contributed by atoms with Crippen LogP contribution in [0, 0.1) is 5.92 Å². The molecule has 0 amide bonds. The molecule has 106 valence electrons. The van der Waals surface area contributed by atoms with Gasteiger partial charge in [-0.25, -0.2) is 0 Å². The number of hydrogen-bond acceptors (Lipinski definition) is 3. The van der Waals surface area contributed by atoms with Gasteiger partial charge in [-0.2, -0.15) is 0 Å². The van der Waals surface area contributed by atoms with E-state index < -0.39 is 0 Å². The topological polar surface area (TPSA) is 15.7 Å². The Bertz CT molecular complexity index is 386. The minimum Gasteiger partial charge on any atom is -0.378 e. The summed E-state index contributed by atoms with van der Waals surface area (Å²) in [6, 6.07) is 8.77. The number of para-hydroxylation sites is 1. The fourth-order valence-electron chi connectivity index (χ4n) is 2.74. The van der Waals surface area contributed by atoms with Gasteiger partial charge in [0.05, 0.1) is 13.2 Å². The van der Waals surface area contributed by atoms with Gasteiger partial charge < -0.3 is 14.5 Å². The third kappa shape index (κ3) is 4.22. The predicted octanol–water partition coefficient (Wildman–Crippen LogP) is 2.61. The minimum absolute atomic E-state index is 0.709. The number of anilines is 1. The second-order valence-corrected chi connectivity index (χ2v) is 5.82. The van der Waals surface area contributed by atoms with Crippen LogP contribution in [0.3, 0.4) is 0 Å². The number of nitrogens with zero attached hydrogens (tertiary/aromatic N) is 2. The molecule has 19 heavy (non-hydrogen) atoms. The molecule has 1 heterocycles. The maximum absolute atomic E-state index is 5.44. The molecular weight excluding hydrogens is 236 g/mol. The molecule has 3 heteroatoms. The first-order chi connectivity index (χ1) is 9.16. The van der Waals surface area contributed by atoms with Gasteiger partial charge in [0.1, 0.15) is 0 Å². The Labute approximate surface area is 117 Å². The lowest BCUT2D eigenvalue weighted by Crippen LogP contribution is -2.37. The molecule has 0 aliphatic carbocycles.